The molecule has 10 nitrogen and oxygen atoms in total. The summed E-state index contributed by atoms with van der Waals surface area (Å²) < 4.78 is 43.2. The second-order valence-electron chi connectivity index (χ2n) is 14.2. The van der Waals surface area contributed by atoms with Crippen LogP contribution in [0, 0.1) is 12.1 Å². The highest BCUT2D eigenvalue weighted by atomic mass is 32.2. The van der Waals surface area contributed by atoms with E-state index in [-0.39, 0.29) is 36.7 Å². The van der Waals surface area contributed by atoms with Crippen molar-refractivity contribution in [3.8, 4) is 11.1 Å². The van der Waals surface area contributed by atoms with Gasteiger partial charge in [0.2, 0.25) is 15.9 Å². The molecule has 1 aliphatic rings. The van der Waals surface area contributed by atoms with Crippen molar-refractivity contribution in [2.75, 3.05) is 5.75 Å². The van der Waals surface area contributed by atoms with E-state index in [9.17, 15) is 23.5 Å². The van der Waals surface area contributed by atoms with Crippen molar-refractivity contribution in [1.82, 2.24) is 10.0 Å². The summed E-state index contributed by atoms with van der Waals surface area (Å²) in [6, 6.07) is 43.7. The average molecular weight is 816 g/mol. The van der Waals surface area contributed by atoms with E-state index in [0.29, 0.717) is 17.2 Å². The number of aliphatic hydroxyl groups is 1. The minimum atomic E-state index is -3.97. The number of sulfonamides is 1. The van der Waals surface area contributed by atoms with E-state index in [2.05, 4.69) is 10.0 Å². The van der Waals surface area contributed by atoms with Crippen LogP contribution in [0.15, 0.2) is 162 Å². The maximum atomic E-state index is 13.6. The zero-order valence-corrected chi connectivity index (χ0v) is 33.6. The van der Waals surface area contributed by atoms with Crippen LogP contribution in [0.1, 0.15) is 52.2 Å². The summed E-state index contributed by atoms with van der Waals surface area (Å²) in [6.45, 7) is 2.04. The minimum Gasteiger partial charge on any atom is -0.618 e. The number of carbonyl (C=O) groups excluding carboxylic acids is 1. The van der Waals surface area contributed by atoms with Crippen molar-refractivity contribution in [2.45, 2.75) is 67.4 Å². The van der Waals surface area contributed by atoms with E-state index in [1.807, 2.05) is 116 Å². The molecule has 5 aromatic carbocycles. The summed E-state index contributed by atoms with van der Waals surface area (Å²) in [5.74, 6) is 0.127. The van der Waals surface area contributed by atoms with Gasteiger partial charge in [-0.1, -0.05) is 127 Å². The lowest BCUT2D eigenvalue weighted by Gasteiger charge is -2.36. The lowest BCUT2D eigenvalue weighted by molar-refractivity contribution is -0.645. The van der Waals surface area contributed by atoms with Crippen molar-refractivity contribution in [3.63, 3.8) is 0 Å². The van der Waals surface area contributed by atoms with Gasteiger partial charge >= 0.3 is 0 Å². The molecule has 0 aliphatic carbocycles. The molecule has 0 saturated carbocycles. The Hall–Kier alpha value is -5.34. The lowest BCUT2D eigenvalue weighted by atomic mass is 9.99. The molecule has 0 radical (unpaired) electrons. The van der Waals surface area contributed by atoms with Gasteiger partial charge in [0.1, 0.15) is 6.04 Å². The Kier molecular flexibility index (Phi) is 13.3. The molecule has 58 heavy (non-hydrogen) atoms. The van der Waals surface area contributed by atoms with Crippen molar-refractivity contribution >= 4 is 27.7 Å². The van der Waals surface area contributed by atoms with Gasteiger partial charge in [-0.15, -0.1) is 0 Å². The van der Waals surface area contributed by atoms with Crippen LogP contribution >= 0.6 is 11.8 Å². The fraction of sp³-hybridized carbons (Fsp3) is 0.217. The number of thioether (sulfide) groups is 1. The highest BCUT2D eigenvalue weighted by Gasteiger charge is 2.33. The van der Waals surface area contributed by atoms with E-state index in [1.54, 1.807) is 24.3 Å². The topological polar surface area (TPSA) is 141 Å². The zero-order valence-electron chi connectivity index (χ0n) is 31.9. The van der Waals surface area contributed by atoms with Crippen LogP contribution < -0.4 is 14.8 Å². The zero-order chi connectivity index (χ0) is 40.5. The van der Waals surface area contributed by atoms with E-state index < -0.39 is 28.3 Å². The maximum absolute atomic E-state index is 13.6. The van der Waals surface area contributed by atoms with E-state index >= 15 is 0 Å². The summed E-state index contributed by atoms with van der Waals surface area (Å²) in [4.78, 5) is 13.7. The number of benzene rings is 5. The van der Waals surface area contributed by atoms with Crippen LogP contribution in [0.5, 0.6) is 0 Å². The van der Waals surface area contributed by atoms with Crippen LogP contribution in [0.25, 0.3) is 11.1 Å². The van der Waals surface area contributed by atoms with Gasteiger partial charge in [0.15, 0.2) is 12.5 Å². The predicted octanol–water partition coefficient (Wildman–Crippen LogP) is 7.33. The van der Waals surface area contributed by atoms with Gasteiger partial charge in [0.05, 0.1) is 23.7 Å². The van der Waals surface area contributed by atoms with Crippen molar-refractivity contribution < 1.29 is 32.5 Å². The molecule has 298 valence electrons. The number of amides is 1. The quantitative estimate of drug-likeness (QED) is 0.0557. The molecule has 3 N–H and O–H groups in total. The van der Waals surface area contributed by atoms with Gasteiger partial charge < -0.3 is 25.1 Å². The molecule has 1 saturated heterocycles. The molecule has 1 fully saturated rings. The van der Waals surface area contributed by atoms with Gasteiger partial charge in [0, 0.05) is 36.4 Å². The number of aromatic nitrogens is 1. The number of ether oxygens (including phenoxy) is 2. The summed E-state index contributed by atoms with van der Waals surface area (Å²) in [6.07, 6.45) is 1.15. The number of carbonyl (C=O) groups is 1. The predicted molar refractivity (Wildman–Crippen MR) is 224 cm³/mol. The van der Waals surface area contributed by atoms with E-state index in [1.165, 1.54) is 30.1 Å². The SMILES string of the molecule is Cc1ccc(S(=O)(=O)NC(Cc2ccccc2)C(=O)NCc2cccc(-c3ccc(C4OC(CSc5cccc[n+]5[O-])CC(c5ccc(CO)cc5)O4)cc3)c2)cc1. The van der Waals surface area contributed by atoms with Crippen LogP contribution in [-0.4, -0.2) is 37.3 Å². The fourth-order valence-electron chi connectivity index (χ4n) is 6.74. The van der Waals surface area contributed by atoms with Crippen molar-refractivity contribution in [3.05, 3.63) is 190 Å². The number of nitrogens with one attached hydrogen (secondary N) is 2. The second-order valence-corrected chi connectivity index (χ2v) is 17.0. The Bertz CT molecular complexity index is 2400. The highest BCUT2D eigenvalue weighted by molar-refractivity contribution is 7.99. The molecule has 4 atom stereocenters. The molecule has 1 amide bonds. The Balaban J connectivity index is 1.04. The normalized spacial score (nSPS) is 17.4. The van der Waals surface area contributed by atoms with Gasteiger partial charge in [-0.2, -0.15) is 9.45 Å². The number of hydrogen-bond donors (Lipinski definition) is 3. The first kappa shape index (κ1) is 40.8. The van der Waals surface area contributed by atoms with Crippen LogP contribution in [0.3, 0.4) is 0 Å². The third-order valence-corrected chi connectivity index (χ3v) is 12.6. The third-order valence-electron chi connectivity index (χ3n) is 9.96. The number of aryl methyl sites for hydroxylation is 1. The molecule has 4 unspecified atom stereocenters. The van der Waals surface area contributed by atoms with Gasteiger partial charge in [-0.3, -0.25) is 4.79 Å². The Morgan fingerprint density at radius 2 is 1.52 bits per heavy atom. The van der Waals surface area contributed by atoms with Gasteiger partial charge in [-0.25, -0.2) is 8.42 Å². The minimum absolute atomic E-state index is 0.0406. The summed E-state index contributed by atoms with van der Waals surface area (Å²) in [5.41, 5.74) is 7.14. The number of rotatable bonds is 15. The first-order valence-electron chi connectivity index (χ1n) is 19.0. The third kappa shape index (κ3) is 10.6. The molecule has 6 aromatic rings. The lowest BCUT2D eigenvalue weighted by Crippen LogP contribution is -2.47. The number of nitrogens with zero attached hydrogens (tertiary/aromatic N) is 1. The van der Waals surface area contributed by atoms with E-state index in [4.69, 9.17) is 9.47 Å². The summed E-state index contributed by atoms with van der Waals surface area (Å²) >= 11 is 1.44. The molecule has 1 aromatic heterocycles. The molecular formula is C46H45N3O7S2. The number of hydrogen-bond acceptors (Lipinski definition) is 8. The molecule has 1 aliphatic heterocycles. The Labute approximate surface area is 343 Å². The first-order valence-corrected chi connectivity index (χ1v) is 21.5. The van der Waals surface area contributed by atoms with Gasteiger partial charge in [0.25, 0.3) is 5.03 Å². The Morgan fingerprint density at radius 1 is 0.810 bits per heavy atom. The molecule has 12 heteroatoms. The second kappa shape index (κ2) is 18.9. The molecule has 0 bridgehead atoms. The summed E-state index contributed by atoms with van der Waals surface area (Å²) in [7, 11) is -3.97. The standard InChI is InChI=1S/C46H45N3O7S2/c1-32-13-23-41(24-14-32)58(53,54)48-42(27-33-8-3-2-4-9-33)45(51)47-29-35-10-7-11-39(26-35)36-19-21-38(22-20-36)46-55-40(31-57-44-12-5-6-25-49(44)52)28-43(56-46)37-17-15-34(30-50)16-18-37/h2-26,40,42-43,46,48,50H,27-31H2,1H3,(H,47,51). The number of aliphatic hydroxyl groups excluding tert-OH is 1. The smallest absolute Gasteiger partial charge is 0.251 e. The largest absolute Gasteiger partial charge is 0.618 e. The van der Waals surface area contributed by atoms with Crippen molar-refractivity contribution in [1.29, 1.82) is 0 Å². The molecular weight excluding hydrogens is 771 g/mol. The van der Waals surface area contributed by atoms with Crippen molar-refractivity contribution in [2.24, 2.45) is 0 Å². The fourth-order valence-corrected chi connectivity index (χ4v) is 8.87. The van der Waals surface area contributed by atoms with Crippen LogP contribution in [0.4, 0.5) is 0 Å². The highest BCUT2D eigenvalue weighted by Crippen LogP contribution is 2.39. The van der Waals surface area contributed by atoms with Crippen LogP contribution in [0.2, 0.25) is 0 Å². The monoisotopic (exact) mass is 815 g/mol. The first-order chi connectivity index (χ1) is 28.1. The van der Waals surface area contributed by atoms with E-state index in [0.717, 1.165) is 49.2 Å². The molecule has 7 rings (SSSR count). The maximum Gasteiger partial charge on any atom is 0.251 e. The molecule has 0 spiro atoms. The Morgan fingerprint density at radius 3 is 2.24 bits per heavy atom. The molecule has 2 heterocycles. The average Bonchev–Trinajstić information content (AvgIpc) is 3.25. The van der Waals surface area contributed by atoms with Crippen LogP contribution in [-0.2, 0) is 43.9 Å². The summed E-state index contributed by atoms with van der Waals surface area (Å²) in [5, 5.41) is 25.4. The number of pyridine rings is 1. The van der Waals surface area contributed by atoms with Gasteiger partial charge in [-0.05, 0) is 71.0 Å².